The minimum Gasteiger partial charge on any atom is -0.358 e. The van der Waals surface area contributed by atoms with Gasteiger partial charge in [0.1, 0.15) is 0 Å². The van der Waals surface area contributed by atoms with E-state index in [1.807, 2.05) is 0 Å². The molecule has 0 aromatic carbocycles. The average Bonchev–Trinajstić information content (AvgIpc) is 2.89. The fraction of sp³-hybridized carbons (Fsp3) is 0.625. The van der Waals surface area contributed by atoms with Crippen molar-refractivity contribution in [2.75, 3.05) is 0 Å². The van der Waals surface area contributed by atoms with Gasteiger partial charge in [0.25, 0.3) is 0 Å². The molecule has 0 aliphatic carbocycles. The van der Waals surface area contributed by atoms with Gasteiger partial charge in [0, 0.05) is 24.6 Å². The lowest BCUT2D eigenvalue weighted by Crippen LogP contribution is -1.99. The Morgan fingerprint density at radius 2 is 1.53 bits per heavy atom. The number of unbranched alkanes of at least 4 members (excludes halogenated alkanes) is 4. The van der Waals surface area contributed by atoms with Gasteiger partial charge in [-0.3, -0.25) is 9.59 Å². The van der Waals surface area contributed by atoms with E-state index in [9.17, 15) is 9.59 Å². The summed E-state index contributed by atoms with van der Waals surface area (Å²) >= 11 is 0. The molecule has 0 amide bonds. The molecule has 0 aliphatic rings. The third-order valence-electron chi connectivity index (χ3n) is 3.32. The van der Waals surface area contributed by atoms with Crippen LogP contribution in [0.4, 0.5) is 0 Å². The van der Waals surface area contributed by atoms with Gasteiger partial charge in [0.2, 0.25) is 0 Å². The second kappa shape index (κ2) is 8.68. The Balaban J connectivity index is 2.46. The normalized spacial score (nSPS) is 10.6. The second-order valence-corrected chi connectivity index (χ2v) is 5.06. The molecule has 0 aliphatic heterocycles. The van der Waals surface area contributed by atoms with E-state index in [1.54, 1.807) is 12.3 Å². The van der Waals surface area contributed by atoms with Crippen LogP contribution in [-0.2, 0) is 0 Å². The zero-order valence-electron chi connectivity index (χ0n) is 12.1. The second-order valence-electron chi connectivity index (χ2n) is 5.06. The molecule has 1 rings (SSSR count). The molecule has 1 aromatic rings. The maximum atomic E-state index is 11.9. The van der Waals surface area contributed by atoms with Crippen molar-refractivity contribution in [3.63, 3.8) is 0 Å². The Kier molecular flexibility index (Phi) is 7.16. The van der Waals surface area contributed by atoms with Crippen LogP contribution in [0.1, 0.15) is 86.1 Å². The summed E-state index contributed by atoms with van der Waals surface area (Å²) in [5.74, 6) is 0.248. The minimum absolute atomic E-state index is 0.112. The van der Waals surface area contributed by atoms with E-state index in [-0.39, 0.29) is 11.6 Å². The van der Waals surface area contributed by atoms with Crippen LogP contribution < -0.4 is 0 Å². The van der Waals surface area contributed by atoms with Crippen molar-refractivity contribution in [3.8, 4) is 0 Å². The van der Waals surface area contributed by atoms with Gasteiger partial charge in [-0.05, 0) is 18.9 Å². The number of nitrogens with one attached hydrogen (secondary N) is 1. The molecular formula is C16H25NO2. The highest BCUT2D eigenvalue weighted by Gasteiger charge is 2.12. The standard InChI is InChI=1S/C16H25NO2/c1-3-5-7-9-15(18)13-11-14(17-12-13)16(19)10-8-6-4-2/h11-12,17H,3-10H2,1-2H3. The van der Waals surface area contributed by atoms with Crippen molar-refractivity contribution in [2.24, 2.45) is 0 Å². The van der Waals surface area contributed by atoms with Gasteiger partial charge in [-0.25, -0.2) is 0 Å². The third kappa shape index (κ3) is 5.41. The van der Waals surface area contributed by atoms with Gasteiger partial charge in [0.05, 0.1) is 5.69 Å². The van der Waals surface area contributed by atoms with Crippen molar-refractivity contribution in [2.45, 2.75) is 65.2 Å². The molecular weight excluding hydrogens is 238 g/mol. The van der Waals surface area contributed by atoms with Crippen LogP contribution in [-0.4, -0.2) is 16.6 Å². The number of aromatic nitrogens is 1. The van der Waals surface area contributed by atoms with Crippen LogP contribution in [0.15, 0.2) is 12.3 Å². The summed E-state index contributed by atoms with van der Waals surface area (Å²) in [7, 11) is 0. The number of rotatable bonds is 10. The smallest absolute Gasteiger partial charge is 0.179 e. The van der Waals surface area contributed by atoms with E-state index in [0.29, 0.717) is 24.1 Å². The molecule has 0 radical (unpaired) electrons. The quantitative estimate of drug-likeness (QED) is 0.497. The van der Waals surface area contributed by atoms with Crippen LogP contribution in [0.5, 0.6) is 0 Å². The van der Waals surface area contributed by atoms with Gasteiger partial charge < -0.3 is 4.98 Å². The highest BCUT2D eigenvalue weighted by molar-refractivity contribution is 6.00. The topological polar surface area (TPSA) is 49.9 Å². The summed E-state index contributed by atoms with van der Waals surface area (Å²) in [6.07, 6.45) is 9.05. The van der Waals surface area contributed by atoms with Gasteiger partial charge in [0.15, 0.2) is 11.6 Å². The number of Topliss-reactive ketones (excluding diaryl/α,β-unsaturated/α-hetero) is 2. The van der Waals surface area contributed by atoms with Crippen LogP contribution >= 0.6 is 0 Å². The SMILES string of the molecule is CCCCCC(=O)c1c[nH]c(C(=O)CCCCC)c1. The van der Waals surface area contributed by atoms with Crippen molar-refractivity contribution in [1.29, 1.82) is 0 Å². The molecule has 19 heavy (non-hydrogen) atoms. The van der Waals surface area contributed by atoms with E-state index in [0.717, 1.165) is 38.5 Å². The first-order valence-electron chi connectivity index (χ1n) is 7.43. The van der Waals surface area contributed by atoms with Crippen LogP contribution in [0.25, 0.3) is 0 Å². The number of ketones is 2. The molecule has 0 saturated carbocycles. The lowest BCUT2D eigenvalue weighted by molar-refractivity contribution is 0.0972. The van der Waals surface area contributed by atoms with Crippen molar-refractivity contribution < 1.29 is 9.59 Å². The van der Waals surface area contributed by atoms with Gasteiger partial charge in [-0.1, -0.05) is 39.5 Å². The van der Waals surface area contributed by atoms with Gasteiger partial charge in [-0.15, -0.1) is 0 Å². The predicted molar refractivity (Wildman–Crippen MR) is 77.7 cm³/mol. The Morgan fingerprint density at radius 3 is 2.11 bits per heavy atom. The summed E-state index contributed by atoms with van der Waals surface area (Å²) < 4.78 is 0. The Hall–Kier alpha value is -1.38. The predicted octanol–water partition coefficient (Wildman–Crippen LogP) is 4.54. The maximum absolute atomic E-state index is 11.9. The highest BCUT2D eigenvalue weighted by atomic mass is 16.1. The first-order chi connectivity index (χ1) is 9.19. The number of hydrogen-bond acceptors (Lipinski definition) is 2. The molecule has 0 saturated heterocycles. The van der Waals surface area contributed by atoms with Crippen molar-refractivity contribution in [1.82, 2.24) is 4.98 Å². The summed E-state index contributed by atoms with van der Waals surface area (Å²) in [5.41, 5.74) is 1.23. The molecule has 1 aromatic heterocycles. The molecule has 0 bridgehead atoms. The zero-order valence-corrected chi connectivity index (χ0v) is 12.1. The fourth-order valence-electron chi connectivity index (χ4n) is 2.07. The molecule has 0 fully saturated rings. The number of hydrogen-bond donors (Lipinski definition) is 1. The summed E-state index contributed by atoms with van der Waals surface area (Å²) in [5, 5.41) is 0. The first-order valence-corrected chi connectivity index (χ1v) is 7.43. The fourth-order valence-corrected chi connectivity index (χ4v) is 2.07. The molecule has 106 valence electrons. The van der Waals surface area contributed by atoms with Gasteiger partial charge >= 0.3 is 0 Å². The molecule has 3 nitrogen and oxygen atoms in total. The molecule has 0 atom stereocenters. The monoisotopic (exact) mass is 263 g/mol. The lowest BCUT2D eigenvalue weighted by Gasteiger charge is -1.97. The van der Waals surface area contributed by atoms with E-state index in [4.69, 9.17) is 0 Å². The van der Waals surface area contributed by atoms with Crippen LogP contribution in [0.3, 0.4) is 0 Å². The number of H-pyrrole nitrogens is 1. The van der Waals surface area contributed by atoms with E-state index in [1.165, 1.54) is 0 Å². The minimum atomic E-state index is 0.112. The number of aromatic amines is 1. The van der Waals surface area contributed by atoms with E-state index >= 15 is 0 Å². The molecule has 1 heterocycles. The Morgan fingerprint density at radius 1 is 0.947 bits per heavy atom. The summed E-state index contributed by atoms with van der Waals surface area (Å²) in [6.45, 7) is 4.24. The van der Waals surface area contributed by atoms with Gasteiger partial charge in [-0.2, -0.15) is 0 Å². The molecule has 0 unspecified atom stereocenters. The first kappa shape index (κ1) is 15.7. The van der Waals surface area contributed by atoms with Crippen LogP contribution in [0, 0.1) is 0 Å². The average molecular weight is 263 g/mol. The number of carbonyl (C=O) groups is 2. The molecule has 1 N–H and O–H groups in total. The summed E-state index contributed by atoms with van der Waals surface area (Å²) in [6, 6.07) is 1.71. The maximum Gasteiger partial charge on any atom is 0.179 e. The lowest BCUT2D eigenvalue weighted by atomic mass is 10.1. The van der Waals surface area contributed by atoms with Crippen LogP contribution in [0.2, 0.25) is 0 Å². The largest absolute Gasteiger partial charge is 0.358 e. The highest BCUT2D eigenvalue weighted by Crippen LogP contribution is 2.12. The zero-order chi connectivity index (χ0) is 14.1. The molecule has 0 spiro atoms. The van der Waals surface area contributed by atoms with Crippen molar-refractivity contribution >= 4 is 11.6 Å². The number of carbonyl (C=O) groups excluding carboxylic acids is 2. The Bertz CT molecular complexity index is 370. The van der Waals surface area contributed by atoms with E-state index in [2.05, 4.69) is 18.8 Å². The third-order valence-corrected chi connectivity index (χ3v) is 3.32. The molecule has 3 heteroatoms. The van der Waals surface area contributed by atoms with E-state index < -0.39 is 0 Å². The Labute approximate surface area is 115 Å². The summed E-state index contributed by atoms with van der Waals surface area (Å²) in [4.78, 5) is 26.7. The van der Waals surface area contributed by atoms with Crippen molar-refractivity contribution in [3.05, 3.63) is 23.5 Å².